The third-order valence-electron chi connectivity index (χ3n) is 5.04. The number of carbonyl (C=O) groups excluding carboxylic acids is 2. The fourth-order valence-electron chi connectivity index (χ4n) is 3.57. The normalized spacial score (nSPS) is 13.1. The molecule has 0 saturated carbocycles. The number of anilines is 2. The van der Waals surface area contributed by atoms with Crippen LogP contribution in [-0.2, 0) is 9.59 Å². The largest absolute Gasteiger partial charge is 0.423 e. The van der Waals surface area contributed by atoms with Crippen molar-refractivity contribution in [2.24, 2.45) is 0 Å². The van der Waals surface area contributed by atoms with E-state index in [1.165, 1.54) is 5.56 Å². The van der Waals surface area contributed by atoms with Gasteiger partial charge in [0, 0.05) is 11.3 Å². The zero-order chi connectivity index (χ0) is 21.4. The summed E-state index contributed by atoms with van der Waals surface area (Å²) in [6.45, 7) is 2.17. The van der Waals surface area contributed by atoms with Crippen LogP contribution in [0.1, 0.15) is 5.56 Å². The van der Waals surface area contributed by atoms with E-state index in [9.17, 15) is 9.59 Å². The molecule has 0 aliphatic carbocycles. The first-order valence-corrected chi connectivity index (χ1v) is 10.7. The molecule has 0 saturated heterocycles. The summed E-state index contributed by atoms with van der Waals surface area (Å²) in [5.41, 5.74) is 4.63. The molecule has 31 heavy (non-hydrogen) atoms. The average molecular weight is 430 g/mol. The number of thiazole rings is 1. The third kappa shape index (κ3) is 4.00. The van der Waals surface area contributed by atoms with Crippen molar-refractivity contribution >= 4 is 44.8 Å². The van der Waals surface area contributed by atoms with E-state index < -0.39 is 0 Å². The van der Waals surface area contributed by atoms with Crippen LogP contribution in [0.4, 0.5) is 11.4 Å². The molecule has 5 rings (SSSR count). The van der Waals surface area contributed by atoms with Gasteiger partial charge in [-0.3, -0.25) is 4.79 Å². The average Bonchev–Trinajstić information content (AvgIpc) is 3.17. The van der Waals surface area contributed by atoms with Crippen molar-refractivity contribution in [1.82, 2.24) is 4.98 Å². The van der Waals surface area contributed by atoms with Crippen molar-refractivity contribution in [3.63, 3.8) is 0 Å². The number of ether oxygens (including phenoxy) is 1. The fraction of sp³-hybridized carbons (Fsp3) is 0.125. The predicted molar refractivity (Wildman–Crippen MR) is 123 cm³/mol. The summed E-state index contributed by atoms with van der Waals surface area (Å²) in [4.78, 5) is 30.8. The molecule has 0 fully saturated rings. The summed E-state index contributed by atoms with van der Waals surface area (Å²) in [7, 11) is 0. The van der Waals surface area contributed by atoms with E-state index in [1.807, 2.05) is 42.5 Å². The highest BCUT2D eigenvalue weighted by Gasteiger charge is 2.25. The highest BCUT2D eigenvalue weighted by molar-refractivity contribution is 7.21. The summed E-state index contributed by atoms with van der Waals surface area (Å²) < 4.78 is 6.39. The number of hydrogen-bond donors (Lipinski definition) is 1. The zero-order valence-electron chi connectivity index (χ0n) is 16.8. The molecule has 1 aliphatic heterocycles. The molecule has 0 unspecified atom stereocenters. The van der Waals surface area contributed by atoms with Crippen LogP contribution in [-0.4, -0.2) is 29.9 Å². The monoisotopic (exact) mass is 429 g/mol. The summed E-state index contributed by atoms with van der Waals surface area (Å²) >= 11 is 1.65. The van der Waals surface area contributed by atoms with Gasteiger partial charge < -0.3 is 15.0 Å². The van der Waals surface area contributed by atoms with Crippen LogP contribution in [0.15, 0.2) is 66.7 Å². The van der Waals surface area contributed by atoms with E-state index in [2.05, 4.69) is 24.4 Å². The topological polar surface area (TPSA) is 71.5 Å². The van der Waals surface area contributed by atoms with Gasteiger partial charge in [-0.15, -0.1) is 11.3 Å². The van der Waals surface area contributed by atoms with E-state index in [0.29, 0.717) is 11.4 Å². The second-order valence-corrected chi connectivity index (χ2v) is 8.44. The van der Waals surface area contributed by atoms with Gasteiger partial charge in [-0.05, 0) is 61.0 Å². The van der Waals surface area contributed by atoms with Crippen LogP contribution in [0.25, 0.3) is 20.8 Å². The Bertz CT molecular complexity index is 1300. The minimum absolute atomic E-state index is 0.0421. The van der Waals surface area contributed by atoms with Gasteiger partial charge in [0.05, 0.1) is 22.4 Å². The maximum absolute atomic E-state index is 12.6. The van der Waals surface area contributed by atoms with Gasteiger partial charge in [-0.25, -0.2) is 9.78 Å². The lowest BCUT2D eigenvalue weighted by atomic mass is 10.2. The Morgan fingerprint density at radius 3 is 2.77 bits per heavy atom. The van der Waals surface area contributed by atoms with Crippen molar-refractivity contribution in [1.29, 1.82) is 0 Å². The van der Waals surface area contributed by atoms with E-state index in [-0.39, 0.29) is 25.0 Å². The SMILES string of the molecule is Cc1ccc2nc(-c3ccc(NC(=O)CN4CC(=O)Oc5ccccc54)cc3)sc2c1. The number of para-hydroxylation sites is 2. The summed E-state index contributed by atoms with van der Waals surface area (Å²) in [5.74, 6) is -0.100. The number of benzene rings is 3. The highest BCUT2D eigenvalue weighted by atomic mass is 32.1. The highest BCUT2D eigenvalue weighted by Crippen LogP contribution is 2.32. The van der Waals surface area contributed by atoms with Gasteiger partial charge in [0.25, 0.3) is 0 Å². The number of esters is 1. The Morgan fingerprint density at radius 1 is 1.13 bits per heavy atom. The molecular weight excluding hydrogens is 410 g/mol. The van der Waals surface area contributed by atoms with Crippen LogP contribution in [0.5, 0.6) is 5.75 Å². The fourth-order valence-corrected chi connectivity index (χ4v) is 4.64. The van der Waals surface area contributed by atoms with Crippen LogP contribution in [0, 0.1) is 6.92 Å². The van der Waals surface area contributed by atoms with Crippen molar-refractivity contribution in [2.45, 2.75) is 6.92 Å². The number of nitrogens with one attached hydrogen (secondary N) is 1. The Kier molecular flexibility index (Phi) is 4.88. The van der Waals surface area contributed by atoms with Crippen LogP contribution >= 0.6 is 11.3 Å². The Balaban J connectivity index is 1.28. The molecule has 154 valence electrons. The number of fused-ring (bicyclic) bond motifs is 2. The smallest absolute Gasteiger partial charge is 0.331 e. The molecule has 1 aliphatic rings. The lowest BCUT2D eigenvalue weighted by Crippen LogP contribution is -2.41. The van der Waals surface area contributed by atoms with Crippen molar-refractivity contribution in [3.8, 4) is 16.3 Å². The second-order valence-electron chi connectivity index (χ2n) is 7.41. The first-order chi connectivity index (χ1) is 15.0. The van der Waals surface area contributed by atoms with E-state index >= 15 is 0 Å². The van der Waals surface area contributed by atoms with Gasteiger partial charge in [0.2, 0.25) is 5.91 Å². The molecule has 2 heterocycles. The molecule has 1 amide bonds. The minimum Gasteiger partial charge on any atom is -0.423 e. The second kappa shape index (κ2) is 7.85. The Morgan fingerprint density at radius 2 is 1.94 bits per heavy atom. The lowest BCUT2D eigenvalue weighted by molar-refractivity contribution is -0.133. The standard InChI is InChI=1S/C24H19N3O3S/c1-15-6-11-18-21(12-15)31-24(26-18)16-7-9-17(10-8-16)25-22(28)13-27-14-23(29)30-20-5-3-2-4-19(20)27/h2-12H,13-14H2,1H3,(H,25,28). The van der Waals surface area contributed by atoms with E-state index in [4.69, 9.17) is 9.72 Å². The van der Waals surface area contributed by atoms with Gasteiger partial charge in [-0.2, -0.15) is 0 Å². The first-order valence-electron chi connectivity index (χ1n) is 9.87. The Labute approximate surface area is 183 Å². The molecule has 7 heteroatoms. The molecule has 4 aromatic rings. The minimum atomic E-state index is -0.373. The quantitative estimate of drug-likeness (QED) is 0.378. The van der Waals surface area contributed by atoms with Gasteiger partial charge >= 0.3 is 5.97 Å². The molecule has 1 N–H and O–H groups in total. The van der Waals surface area contributed by atoms with Crippen LogP contribution < -0.4 is 15.0 Å². The van der Waals surface area contributed by atoms with Crippen LogP contribution in [0.3, 0.4) is 0 Å². The van der Waals surface area contributed by atoms with Gasteiger partial charge in [-0.1, -0.05) is 18.2 Å². The molecule has 0 radical (unpaired) electrons. The number of rotatable bonds is 4. The maximum atomic E-state index is 12.6. The Hall–Kier alpha value is -3.71. The summed E-state index contributed by atoms with van der Waals surface area (Å²) in [6.07, 6.45) is 0. The van der Waals surface area contributed by atoms with Crippen molar-refractivity contribution in [2.75, 3.05) is 23.3 Å². The maximum Gasteiger partial charge on any atom is 0.331 e. The zero-order valence-corrected chi connectivity index (χ0v) is 17.6. The van der Waals surface area contributed by atoms with Gasteiger partial charge in [0.15, 0.2) is 5.75 Å². The van der Waals surface area contributed by atoms with Gasteiger partial charge in [0.1, 0.15) is 11.6 Å². The number of aryl methyl sites for hydroxylation is 1. The summed E-state index contributed by atoms with van der Waals surface area (Å²) in [5, 5.41) is 3.84. The third-order valence-corrected chi connectivity index (χ3v) is 6.11. The number of aromatic nitrogens is 1. The summed E-state index contributed by atoms with van der Waals surface area (Å²) in [6, 6.07) is 21.1. The number of amides is 1. The number of nitrogens with zero attached hydrogens (tertiary/aromatic N) is 2. The molecule has 6 nitrogen and oxygen atoms in total. The lowest BCUT2D eigenvalue weighted by Gasteiger charge is -2.29. The van der Waals surface area contributed by atoms with Crippen LogP contribution in [0.2, 0.25) is 0 Å². The number of carbonyl (C=O) groups is 2. The number of hydrogen-bond acceptors (Lipinski definition) is 6. The van der Waals surface area contributed by atoms with Crippen molar-refractivity contribution in [3.05, 3.63) is 72.3 Å². The molecular formula is C24H19N3O3S. The first kappa shape index (κ1) is 19.3. The molecule has 1 aromatic heterocycles. The molecule has 0 atom stereocenters. The molecule has 0 bridgehead atoms. The van der Waals surface area contributed by atoms with E-state index in [1.54, 1.807) is 28.4 Å². The molecule has 3 aromatic carbocycles. The van der Waals surface area contributed by atoms with Crippen molar-refractivity contribution < 1.29 is 14.3 Å². The molecule has 0 spiro atoms. The predicted octanol–water partition coefficient (Wildman–Crippen LogP) is 4.64. The van der Waals surface area contributed by atoms with E-state index in [0.717, 1.165) is 26.5 Å².